The Hall–Kier alpha value is -2.63. The van der Waals surface area contributed by atoms with Crippen molar-refractivity contribution < 1.29 is 9.59 Å². The summed E-state index contributed by atoms with van der Waals surface area (Å²) in [6, 6.07) is 9.15. The van der Waals surface area contributed by atoms with E-state index >= 15 is 0 Å². The Balaban J connectivity index is 1.70. The molecule has 120 valence electrons. The van der Waals surface area contributed by atoms with Gasteiger partial charge in [0.25, 0.3) is 5.91 Å². The molecule has 6 heteroatoms. The molecule has 0 bridgehead atoms. The third-order valence-electron chi connectivity index (χ3n) is 4.01. The maximum absolute atomic E-state index is 12.3. The molecule has 3 rings (SSSR count). The molecule has 0 unspecified atom stereocenters. The molecule has 23 heavy (non-hydrogen) atoms. The maximum Gasteiger partial charge on any atom is 0.269 e. The van der Waals surface area contributed by atoms with E-state index < -0.39 is 6.04 Å². The summed E-state index contributed by atoms with van der Waals surface area (Å²) in [7, 11) is 0. The highest BCUT2D eigenvalue weighted by Crippen LogP contribution is 2.18. The fraction of sp³-hybridized carbons (Fsp3) is 0.353. The normalized spacial score (nSPS) is 18.1. The van der Waals surface area contributed by atoms with Crippen LogP contribution in [-0.2, 0) is 4.79 Å². The second kappa shape index (κ2) is 6.64. The number of rotatable bonds is 3. The summed E-state index contributed by atoms with van der Waals surface area (Å²) < 4.78 is 0. The van der Waals surface area contributed by atoms with Gasteiger partial charge in [-0.2, -0.15) is 5.10 Å². The van der Waals surface area contributed by atoms with Crippen molar-refractivity contribution in [3.63, 3.8) is 0 Å². The Morgan fingerprint density at radius 3 is 2.83 bits per heavy atom. The van der Waals surface area contributed by atoms with Gasteiger partial charge in [0.05, 0.1) is 5.69 Å². The van der Waals surface area contributed by atoms with Crippen LogP contribution in [-0.4, -0.2) is 34.6 Å². The number of carbonyl (C=O) groups is 2. The van der Waals surface area contributed by atoms with Crippen molar-refractivity contribution in [2.75, 3.05) is 6.54 Å². The zero-order chi connectivity index (χ0) is 16.2. The van der Waals surface area contributed by atoms with Crippen molar-refractivity contribution in [3.8, 4) is 11.3 Å². The predicted molar refractivity (Wildman–Crippen MR) is 86.9 cm³/mol. The first-order valence-electron chi connectivity index (χ1n) is 7.84. The minimum Gasteiger partial charge on any atom is -0.354 e. The molecular weight excluding hydrogens is 292 g/mol. The molecule has 2 amide bonds. The van der Waals surface area contributed by atoms with Crippen LogP contribution in [0.4, 0.5) is 0 Å². The molecule has 0 aliphatic carbocycles. The summed E-state index contributed by atoms with van der Waals surface area (Å²) in [5, 5.41) is 12.5. The van der Waals surface area contributed by atoms with Crippen LogP contribution < -0.4 is 10.6 Å². The highest BCUT2D eigenvalue weighted by molar-refractivity contribution is 5.96. The average Bonchev–Trinajstić information content (AvgIpc) is 2.95. The van der Waals surface area contributed by atoms with E-state index in [0.29, 0.717) is 24.4 Å². The van der Waals surface area contributed by atoms with Gasteiger partial charge in [0.1, 0.15) is 11.7 Å². The third kappa shape index (κ3) is 3.59. The SMILES string of the molecule is Cc1ccc(-c2cc(C(=O)N[C@H]3CCCCNC3=O)[nH]n2)cc1. The molecule has 0 saturated carbocycles. The standard InChI is InChI=1S/C17H20N4O2/c1-11-5-7-12(8-6-11)14-10-15(21-20-14)17(23)19-13-4-2-3-9-18-16(13)22/h5-8,10,13H,2-4,9H2,1H3,(H,18,22)(H,19,23)(H,20,21)/t13-/m0/s1. The first-order chi connectivity index (χ1) is 11.1. The molecule has 1 aliphatic heterocycles. The molecule has 2 heterocycles. The minimum absolute atomic E-state index is 0.117. The highest BCUT2D eigenvalue weighted by Gasteiger charge is 2.23. The maximum atomic E-state index is 12.3. The molecule has 6 nitrogen and oxygen atoms in total. The number of carbonyl (C=O) groups excluding carboxylic acids is 2. The van der Waals surface area contributed by atoms with E-state index in [9.17, 15) is 9.59 Å². The summed E-state index contributed by atoms with van der Waals surface area (Å²) in [6.07, 6.45) is 2.53. The second-order valence-electron chi connectivity index (χ2n) is 5.85. The van der Waals surface area contributed by atoms with Crippen molar-refractivity contribution >= 4 is 11.8 Å². The molecule has 1 saturated heterocycles. The zero-order valence-corrected chi connectivity index (χ0v) is 13.1. The van der Waals surface area contributed by atoms with E-state index in [2.05, 4.69) is 20.8 Å². The van der Waals surface area contributed by atoms with E-state index in [0.717, 1.165) is 18.4 Å². The monoisotopic (exact) mass is 312 g/mol. The molecule has 0 radical (unpaired) electrons. The second-order valence-corrected chi connectivity index (χ2v) is 5.85. The van der Waals surface area contributed by atoms with Gasteiger partial charge in [0, 0.05) is 12.1 Å². The van der Waals surface area contributed by atoms with Crippen LogP contribution in [0.2, 0.25) is 0 Å². The van der Waals surface area contributed by atoms with Crippen molar-refractivity contribution in [1.29, 1.82) is 0 Å². The van der Waals surface area contributed by atoms with E-state index in [1.165, 1.54) is 5.56 Å². The van der Waals surface area contributed by atoms with Crippen molar-refractivity contribution in [1.82, 2.24) is 20.8 Å². The average molecular weight is 312 g/mol. The minimum atomic E-state index is -0.476. The number of aryl methyl sites for hydroxylation is 1. The summed E-state index contributed by atoms with van der Waals surface area (Å²) >= 11 is 0. The number of hydrogen-bond donors (Lipinski definition) is 3. The lowest BCUT2D eigenvalue weighted by molar-refractivity contribution is -0.122. The number of benzene rings is 1. The lowest BCUT2D eigenvalue weighted by Gasteiger charge is -2.14. The summed E-state index contributed by atoms with van der Waals surface area (Å²) in [5.74, 6) is -0.424. The van der Waals surface area contributed by atoms with Gasteiger partial charge in [-0.3, -0.25) is 14.7 Å². The first-order valence-corrected chi connectivity index (χ1v) is 7.84. The van der Waals surface area contributed by atoms with Crippen LogP contribution in [0, 0.1) is 6.92 Å². The number of amides is 2. The van der Waals surface area contributed by atoms with Crippen LogP contribution in [0.1, 0.15) is 35.3 Å². The third-order valence-corrected chi connectivity index (χ3v) is 4.01. The Labute approximate surface area is 134 Å². The lowest BCUT2D eigenvalue weighted by Crippen LogP contribution is -2.45. The van der Waals surface area contributed by atoms with Crippen molar-refractivity contribution in [3.05, 3.63) is 41.6 Å². The molecule has 1 aromatic heterocycles. The summed E-state index contributed by atoms with van der Waals surface area (Å²) in [5.41, 5.74) is 3.18. The smallest absolute Gasteiger partial charge is 0.269 e. The van der Waals surface area contributed by atoms with Gasteiger partial charge in [0.15, 0.2) is 0 Å². The van der Waals surface area contributed by atoms with Gasteiger partial charge in [-0.15, -0.1) is 0 Å². The fourth-order valence-corrected chi connectivity index (χ4v) is 2.62. The number of nitrogens with zero attached hydrogens (tertiary/aromatic N) is 1. The van der Waals surface area contributed by atoms with Gasteiger partial charge in [-0.25, -0.2) is 0 Å². The van der Waals surface area contributed by atoms with Crippen LogP contribution in [0.5, 0.6) is 0 Å². The molecule has 2 aromatic rings. The number of hydrogen-bond acceptors (Lipinski definition) is 3. The molecule has 0 spiro atoms. The lowest BCUT2D eigenvalue weighted by atomic mass is 10.1. The quantitative estimate of drug-likeness (QED) is 0.807. The van der Waals surface area contributed by atoms with Gasteiger partial charge in [-0.1, -0.05) is 29.8 Å². The summed E-state index contributed by atoms with van der Waals surface area (Å²) in [4.78, 5) is 24.2. The number of aromatic nitrogens is 2. The molecule has 1 fully saturated rings. The van der Waals surface area contributed by atoms with Crippen LogP contribution in [0.25, 0.3) is 11.3 Å². The largest absolute Gasteiger partial charge is 0.354 e. The van der Waals surface area contributed by atoms with E-state index in [4.69, 9.17) is 0 Å². The van der Waals surface area contributed by atoms with Gasteiger partial charge in [-0.05, 0) is 32.3 Å². The van der Waals surface area contributed by atoms with Gasteiger partial charge >= 0.3 is 0 Å². The Morgan fingerprint density at radius 1 is 1.26 bits per heavy atom. The molecule has 3 N–H and O–H groups in total. The van der Waals surface area contributed by atoms with E-state index in [-0.39, 0.29) is 11.8 Å². The van der Waals surface area contributed by atoms with Crippen molar-refractivity contribution in [2.45, 2.75) is 32.2 Å². The zero-order valence-electron chi connectivity index (χ0n) is 13.1. The van der Waals surface area contributed by atoms with Crippen LogP contribution in [0.3, 0.4) is 0 Å². The molecule has 1 aromatic carbocycles. The highest BCUT2D eigenvalue weighted by atomic mass is 16.2. The number of aromatic amines is 1. The molecular formula is C17H20N4O2. The van der Waals surface area contributed by atoms with E-state index in [1.54, 1.807) is 6.07 Å². The predicted octanol–water partition coefficient (Wildman–Crippen LogP) is 1.78. The molecule has 1 atom stereocenters. The van der Waals surface area contributed by atoms with Crippen LogP contribution >= 0.6 is 0 Å². The Bertz CT molecular complexity index is 706. The van der Waals surface area contributed by atoms with Gasteiger partial charge in [0.2, 0.25) is 5.91 Å². The number of H-pyrrole nitrogens is 1. The summed E-state index contributed by atoms with van der Waals surface area (Å²) in [6.45, 7) is 2.69. The Kier molecular flexibility index (Phi) is 4.41. The van der Waals surface area contributed by atoms with E-state index in [1.807, 2.05) is 31.2 Å². The van der Waals surface area contributed by atoms with Crippen LogP contribution in [0.15, 0.2) is 30.3 Å². The van der Waals surface area contributed by atoms with Gasteiger partial charge < -0.3 is 10.6 Å². The fourth-order valence-electron chi connectivity index (χ4n) is 2.62. The Morgan fingerprint density at radius 2 is 2.04 bits per heavy atom. The number of nitrogens with one attached hydrogen (secondary N) is 3. The first kappa shape index (κ1) is 15.3. The van der Waals surface area contributed by atoms with Crippen molar-refractivity contribution in [2.24, 2.45) is 0 Å². The molecule has 1 aliphatic rings. The topological polar surface area (TPSA) is 86.9 Å².